The lowest BCUT2D eigenvalue weighted by Gasteiger charge is -2.32. The molecular weight excluding hydrogens is 466 g/mol. The number of carbonyl (C=O) groups is 4. The molecule has 0 spiro atoms. The number of alkyl carbamates (subject to hydrolysis) is 1. The van der Waals surface area contributed by atoms with Crippen LogP contribution in [0.5, 0.6) is 0 Å². The van der Waals surface area contributed by atoms with E-state index in [4.69, 9.17) is 30.8 Å². The van der Waals surface area contributed by atoms with E-state index in [0.717, 1.165) is 12.8 Å². The Balaban J connectivity index is 0.000000972. The molecule has 1 heterocycles. The van der Waals surface area contributed by atoms with Gasteiger partial charge in [-0.25, -0.2) is 14.4 Å². The molecule has 1 fully saturated rings. The van der Waals surface area contributed by atoms with Gasteiger partial charge < -0.3 is 46.3 Å². The van der Waals surface area contributed by atoms with Gasteiger partial charge in [0.25, 0.3) is 5.60 Å². The number of amides is 1. The molecule has 35 heavy (non-hydrogen) atoms. The van der Waals surface area contributed by atoms with Crippen molar-refractivity contribution >= 4 is 24.0 Å². The molecule has 1 saturated heterocycles. The largest absolute Gasteiger partial charge is 0.480 e. The average molecular weight is 508 g/mol. The Morgan fingerprint density at radius 2 is 1.60 bits per heavy atom. The summed E-state index contributed by atoms with van der Waals surface area (Å²) in [6.07, 6.45) is 1.76. The second-order valence-corrected chi connectivity index (χ2v) is 9.13. The number of hydrogen-bond acceptors (Lipinski definition) is 9. The van der Waals surface area contributed by atoms with Gasteiger partial charge >= 0.3 is 24.0 Å². The molecule has 13 heteroatoms. The van der Waals surface area contributed by atoms with Crippen molar-refractivity contribution in [1.29, 1.82) is 0 Å². The summed E-state index contributed by atoms with van der Waals surface area (Å²) in [4.78, 5) is 44.9. The smallest absolute Gasteiger partial charge is 0.407 e. The third kappa shape index (κ3) is 13.9. The van der Waals surface area contributed by atoms with Crippen LogP contribution in [0.3, 0.4) is 0 Å². The van der Waals surface area contributed by atoms with Crippen LogP contribution < -0.4 is 16.8 Å². The van der Waals surface area contributed by atoms with Crippen molar-refractivity contribution < 1.29 is 48.7 Å². The molecule has 1 aliphatic heterocycles. The summed E-state index contributed by atoms with van der Waals surface area (Å²) in [5.74, 6) is -4.04. The zero-order chi connectivity index (χ0) is 27.1. The first-order valence-electron chi connectivity index (χ1n) is 11.6. The van der Waals surface area contributed by atoms with Crippen molar-refractivity contribution in [3.63, 3.8) is 0 Å². The molecule has 0 saturated carbocycles. The van der Waals surface area contributed by atoms with Gasteiger partial charge in [0.15, 0.2) is 0 Å². The van der Waals surface area contributed by atoms with E-state index in [-0.39, 0.29) is 19.4 Å². The van der Waals surface area contributed by atoms with E-state index >= 15 is 0 Å². The van der Waals surface area contributed by atoms with E-state index in [0.29, 0.717) is 39.0 Å². The quantitative estimate of drug-likeness (QED) is 0.151. The minimum absolute atomic E-state index is 0.0777. The van der Waals surface area contributed by atoms with Gasteiger partial charge in [0.05, 0.1) is 6.10 Å². The Labute approximate surface area is 205 Å². The first-order valence-corrected chi connectivity index (χ1v) is 11.6. The van der Waals surface area contributed by atoms with Crippen LogP contribution in [0, 0.1) is 0 Å². The van der Waals surface area contributed by atoms with Crippen LogP contribution in [0.4, 0.5) is 4.79 Å². The second-order valence-electron chi connectivity index (χ2n) is 9.13. The van der Waals surface area contributed by atoms with Crippen molar-refractivity contribution in [2.45, 2.75) is 89.1 Å². The summed E-state index contributed by atoms with van der Waals surface area (Å²) >= 11 is 0. The first kappa shape index (κ1) is 32.5. The van der Waals surface area contributed by atoms with Crippen LogP contribution in [0.25, 0.3) is 0 Å². The van der Waals surface area contributed by atoms with E-state index in [1.165, 1.54) is 0 Å². The van der Waals surface area contributed by atoms with E-state index in [1.807, 2.05) is 0 Å². The number of ether oxygens (including phenoxy) is 3. The number of nitrogens with two attached hydrogens (primary N) is 2. The highest BCUT2D eigenvalue weighted by molar-refractivity contribution is 6.01. The molecule has 0 aromatic heterocycles. The van der Waals surface area contributed by atoms with Crippen molar-refractivity contribution in [3.05, 3.63) is 0 Å². The third-order valence-electron chi connectivity index (χ3n) is 4.89. The molecule has 1 amide bonds. The molecule has 1 rings (SSSR count). The molecular formula is C22H41N3O10. The summed E-state index contributed by atoms with van der Waals surface area (Å²) in [7, 11) is 0. The molecule has 204 valence electrons. The van der Waals surface area contributed by atoms with Gasteiger partial charge in [-0.05, 0) is 59.4 Å². The summed E-state index contributed by atoms with van der Waals surface area (Å²) in [6.45, 7) is 6.64. The van der Waals surface area contributed by atoms with Gasteiger partial charge in [-0.2, -0.15) is 0 Å². The number of aliphatic carboxylic acids is 3. The third-order valence-corrected chi connectivity index (χ3v) is 4.89. The SMILES string of the molecule is CC(C)(C)OC(=O)NCCCC(OC1CCOCC1)(C(=O)O)C(=O)O.NCCCC[C@H](N)C(=O)O. The van der Waals surface area contributed by atoms with E-state index < -0.39 is 47.3 Å². The fourth-order valence-electron chi connectivity index (χ4n) is 3.02. The van der Waals surface area contributed by atoms with E-state index in [9.17, 15) is 29.4 Å². The Morgan fingerprint density at radius 1 is 1.03 bits per heavy atom. The van der Waals surface area contributed by atoms with Gasteiger partial charge in [-0.3, -0.25) is 4.79 Å². The molecule has 0 aromatic carbocycles. The highest BCUT2D eigenvalue weighted by Crippen LogP contribution is 2.25. The van der Waals surface area contributed by atoms with Gasteiger partial charge in [0.2, 0.25) is 0 Å². The lowest BCUT2D eigenvalue weighted by Crippen LogP contribution is -2.52. The lowest BCUT2D eigenvalue weighted by atomic mass is 9.96. The topological polar surface area (TPSA) is 221 Å². The number of carboxylic acid groups (broad SMARTS) is 3. The van der Waals surface area contributed by atoms with Crippen molar-refractivity contribution in [2.24, 2.45) is 11.5 Å². The van der Waals surface area contributed by atoms with Crippen molar-refractivity contribution in [2.75, 3.05) is 26.3 Å². The molecule has 0 aromatic rings. The van der Waals surface area contributed by atoms with Crippen LogP contribution in [-0.2, 0) is 28.6 Å². The maximum atomic E-state index is 11.6. The molecule has 8 N–H and O–H groups in total. The average Bonchev–Trinajstić information content (AvgIpc) is 2.75. The monoisotopic (exact) mass is 507 g/mol. The van der Waals surface area contributed by atoms with Gasteiger partial charge in [0, 0.05) is 26.2 Å². The number of carbonyl (C=O) groups excluding carboxylic acids is 1. The highest BCUT2D eigenvalue weighted by Gasteiger charge is 2.49. The van der Waals surface area contributed by atoms with E-state index in [1.54, 1.807) is 20.8 Å². The number of hydrogen-bond donors (Lipinski definition) is 6. The maximum absolute atomic E-state index is 11.6. The molecule has 0 radical (unpaired) electrons. The fourth-order valence-corrected chi connectivity index (χ4v) is 3.02. The molecule has 1 aliphatic rings. The van der Waals surface area contributed by atoms with E-state index in [2.05, 4.69) is 5.32 Å². The number of nitrogens with one attached hydrogen (secondary N) is 1. The summed E-state index contributed by atoms with van der Waals surface area (Å²) in [5.41, 5.74) is 7.43. The molecule has 1 atom stereocenters. The van der Waals surface area contributed by atoms with Crippen LogP contribution in [-0.4, -0.2) is 89.0 Å². The highest BCUT2D eigenvalue weighted by atomic mass is 16.6. The predicted molar refractivity (Wildman–Crippen MR) is 125 cm³/mol. The van der Waals surface area contributed by atoms with Crippen LogP contribution in [0.2, 0.25) is 0 Å². The standard InChI is InChI=1S/C16H27NO8.C6H14N2O2/c1-15(2,3)25-14(22)17-8-4-7-16(12(18)19,13(20)21)24-11-5-9-23-10-6-11;7-4-2-1-3-5(8)6(9)10/h11H,4-10H2,1-3H3,(H,17,22)(H,18,19)(H,20,21);5H,1-4,7-8H2,(H,9,10)/t;5-/m.0/s1. The van der Waals surface area contributed by atoms with Crippen molar-refractivity contribution in [3.8, 4) is 0 Å². The Hall–Kier alpha value is -2.48. The number of rotatable bonds is 13. The van der Waals surface area contributed by atoms with Crippen molar-refractivity contribution in [1.82, 2.24) is 5.32 Å². The van der Waals surface area contributed by atoms with Gasteiger partial charge in [0.1, 0.15) is 11.6 Å². The van der Waals surface area contributed by atoms with Gasteiger partial charge in [-0.15, -0.1) is 0 Å². The summed E-state index contributed by atoms with van der Waals surface area (Å²) in [5, 5.41) is 29.7. The van der Waals surface area contributed by atoms with Crippen LogP contribution in [0.15, 0.2) is 0 Å². The van der Waals surface area contributed by atoms with Crippen LogP contribution >= 0.6 is 0 Å². The normalized spacial score (nSPS) is 15.3. The zero-order valence-corrected chi connectivity index (χ0v) is 20.8. The Kier molecular flexibility index (Phi) is 15.1. The maximum Gasteiger partial charge on any atom is 0.407 e. The summed E-state index contributed by atoms with van der Waals surface area (Å²) in [6, 6.07) is -0.716. The minimum Gasteiger partial charge on any atom is -0.480 e. The minimum atomic E-state index is -2.34. The number of carboxylic acids is 3. The fraction of sp³-hybridized carbons (Fsp3) is 0.818. The molecule has 13 nitrogen and oxygen atoms in total. The Bertz CT molecular complexity index is 661. The first-order chi connectivity index (χ1) is 16.2. The number of unbranched alkanes of at least 4 members (excludes halogenated alkanes) is 1. The predicted octanol–water partition coefficient (Wildman–Crippen LogP) is 0.922. The van der Waals surface area contributed by atoms with Gasteiger partial charge in [-0.1, -0.05) is 6.42 Å². The zero-order valence-electron chi connectivity index (χ0n) is 20.8. The molecule has 0 aliphatic carbocycles. The van der Waals surface area contributed by atoms with Crippen LogP contribution in [0.1, 0.15) is 65.7 Å². The molecule has 0 bridgehead atoms. The summed E-state index contributed by atoms with van der Waals surface area (Å²) < 4.78 is 15.7. The second kappa shape index (κ2) is 16.2. The Morgan fingerprint density at radius 3 is 2.06 bits per heavy atom. The lowest BCUT2D eigenvalue weighted by molar-refractivity contribution is -0.197. The molecule has 0 unspecified atom stereocenters.